The fraction of sp³-hybridized carbons (Fsp3) is 0.455. The molecule has 2 N–H and O–H groups in total. The van der Waals surface area contributed by atoms with Gasteiger partial charge in [-0.2, -0.15) is 0 Å². The van der Waals surface area contributed by atoms with Gasteiger partial charge in [-0.3, -0.25) is 0 Å². The number of rotatable bonds is 3. The number of halogens is 1. The summed E-state index contributed by atoms with van der Waals surface area (Å²) in [7, 11) is 0. The molecule has 0 aliphatic heterocycles. The Hall–Kier alpha value is -1.23. The van der Waals surface area contributed by atoms with E-state index in [4.69, 9.17) is 0 Å². The van der Waals surface area contributed by atoms with E-state index < -0.39 is 0 Å². The lowest BCUT2D eigenvalue weighted by molar-refractivity contribution is 0.429. The Balaban J connectivity index is 0.00000134. The van der Waals surface area contributed by atoms with Crippen molar-refractivity contribution in [1.82, 2.24) is 0 Å². The first-order valence-corrected chi connectivity index (χ1v) is 8.74. The molecular weight excluding hydrogens is 423 g/mol. The highest BCUT2D eigenvalue weighted by Crippen LogP contribution is 2.45. The molecule has 25 heavy (non-hydrogen) atoms. The van der Waals surface area contributed by atoms with Crippen molar-refractivity contribution in [2.75, 3.05) is 0 Å². The molecule has 0 aliphatic carbocycles. The minimum absolute atomic E-state index is 0. The quantitative estimate of drug-likeness (QED) is 0.291. The number of hydrogen-bond donors (Lipinski definition) is 2. The first kappa shape index (κ1) is 23.8. The third-order valence-electron chi connectivity index (χ3n) is 4.10. The van der Waals surface area contributed by atoms with Crippen molar-refractivity contribution in [1.29, 1.82) is 0 Å². The van der Waals surface area contributed by atoms with E-state index in [0.717, 1.165) is 17.5 Å². The van der Waals surface area contributed by atoms with Crippen LogP contribution in [0.2, 0.25) is 0 Å². The van der Waals surface area contributed by atoms with Crippen LogP contribution in [0.5, 0.6) is 11.5 Å². The number of phenolic OH excluding ortho intramolecular Hbond substituents is 2. The molecule has 140 valence electrons. The maximum absolute atomic E-state index is 10.7. The van der Waals surface area contributed by atoms with Crippen molar-refractivity contribution in [2.45, 2.75) is 66.7 Å². The number of benzene rings is 2. The van der Waals surface area contributed by atoms with Crippen molar-refractivity contribution in [3.63, 3.8) is 0 Å². The molecule has 0 unspecified atom stereocenters. The molecule has 2 aromatic carbocycles. The zero-order chi connectivity index (χ0) is 18.5. The van der Waals surface area contributed by atoms with Gasteiger partial charge < -0.3 is 10.2 Å². The van der Waals surface area contributed by atoms with E-state index in [1.807, 2.05) is 31.2 Å². The Morgan fingerprint density at radius 3 is 1.88 bits per heavy atom. The first-order valence-electron chi connectivity index (χ1n) is 8.74. The Kier molecular flexibility index (Phi) is 9.55. The van der Waals surface area contributed by atoms with Gasteiger partial charge in [-0.15, -0.1) is 24.0 Å². The average Bonchev–Trinajstić information content (AvgIpc) is 2.52. The average molecular weight is 456 g/mol. The zero-order valence-corrected chi connectivity index (χ0v) is 18.9. The van der Waals surface area contributed by atoms with Gasteiger partial charge in [0.2, 0.25) is 0 Å². The van der Waals surface area contributed by atoms with Gasteiger partial charge in [0.15, 0.2) is 0 Å². The summed E-state index contributed by atoms with van der Waals surface area (Å²) in [4.78, 5) is 0. The number of allylic oxidation sites excluding steroid dienone is 2. The summed E-state index contributed by atoms with van der Waals surface area (Å²) >= 11 is 0. The molecule has 2 aromatic rings. The smallest absolute Gasteiger partial charge is 0.127 e. The Morgan fingerprint density at radius 2 is 1.44 bits per heavy atom. The van der Waals surface area contributed by atoms with Crippen LogP contribution < -0.4 is 0 Å². The monoisotopic (exact) mass is 456 g/mol. The number of aromatic hydroxyl groups is 2. The van der Waals surface area contributed by atoms with Crippen molar-refractivity contribution in [2.24, 2.45) is 0 Å². The second-order valence-corrected chi connectivity index (χ2v) is 7.32. The highest BCUT2D eigenvalue weighted by molar-refractivity contribution is 14.0. The van der Waals surface area contributed by atoms with Crippen LogP contribution in [0.1, 0.15) is 65.5 Å². The van der Waals surface area contributed by atoms with Gasteiger partial charge in [0.1, 0.15) is 11.5 Å². The zero-order valence-electron chi connectivity index (χ0n) is 16.6. The first-order chi connectivity index (χ1) is 11.2. The van der Waals surface area contributed by atoms with Gasteiger partial charge in [-0.1, -0.05) is 70.0 Å². The molecule has 0 saturated carbocycles. The fourth-order valence-electron chi connectivity index (χ4n) is 2.92. The van der Waals surface area contributed by atoms with E-state index in [0.29, 0.717) is 10.8 Å². The Labute approximate surface area is 170 Å². The third kappa shape index (κ3) is 5.63. The number of hydrogen-bond acceptors (Lipinski definition) is 2. The van der Waals surface area contributed by atoms with Crippen LogP contribution in [0.25, 0.3) is 10.8 Å². The standard InChI is InChI=1S/C19H24O2.C3H8.HI/c1-12(2)10-11-19(4,5)16-13(3)17(20)14-8-6-7-9-15(14)18(16)21;1-3-2;/h6-10,20-21H,11H2,1-5H3;3H2,1-2H3;1H. The van der Waals surface area contributed by atoms with Crippen molar-refractivity contribution in [3.8, 4) is 11.5 Å². The van der Waals surface area contributed by atoms with Crippen molar-refractivity contribution >= 4 is 34.7 Å². The van der Waals surface area contributed by atoms with E-state index in [-0.39, 0.29) is 40.9 Å². The van der Waals surface area contributed by atoms with Gasteiger partial charge in [0.25, 0.3) is 0 Å². The topological polar surface area (TPSA) is 40.5 Å². The van der Waals surface area contributed by atoms with E-state index in [2.05, 4.69) is 47.6 Å². The lowest BCUT2D eigenvalue weighted by Gasteiger charge is -2.28. The van der Waals surface area contributed by atoms with Gasteiger partial charge in [0, 0.05) is 16.3 Å². The third-order valence-corrected chi connectivity index (χ3v) is 4.10. The van der Waals surface area contributed by atoms with E-state index in [1.54, 1.807) is 0 Å². The predicted molar refractivity (Wildman–Crippen MR) is 120 cm³/mol. The normalized spacial score (nSPS) is 10.5. The predicted octanol–water partition coefficient (Wildman–Crippen LogP) is 7.23. The highest BCUT2D eigenvalue weighted by Gasteiger charge is 2.28. The molecule has 3 heteroatoms. The summed E-state index contributed by atoms with van der Waals surface area (Å²) in [6, 6.07) is 7.44. The molecule has 2 rings (SSSR count). The number of phenols is 2. The van der Waals surface area contributed by atoms with Crippen LogP contribution in [0.3, 0.4) is 0 Å². The summed E-state index contributed by atoms with van der Waals surface area (Å²) < 4.78 is 0. The Bertz CT molecular complexity index is 726. The second kappa shape index (κ2) is 10.0. The molecule has 2 nitrogen and oxygen atoms in total. The molecule has 0 aromatic heterocycles. The van der Waals surface area contributed by atoms with Gasteiger partial charge in [-0.25, -0.2) is 0 Å². The Morgan fingerprint density at radius 1 is 1.00 bits per heavy atom. The fourth-order valence-corrected chi connectivity index (χ4v) is 2.92. The lowest BCUT2D eigenvalue weighted by atomic mass is 9.77. The molecule has 0 radical (unpaired) electrons. The molecule has 0 spiro atoms. The summed E-state index contributed by atoms with van der Waals surface area (Å²) in [6.07, 6.45) is 4.24. The minimum atomic E-state index is -0.243. The molecule has 0 atom stereocenters. The molecular formula is C22H33IO2. The van der Waals surface area contributed by atoms with Crippen LogP contribution in [0, 0.1) is 6.92 Å². The molecule has 0 bridgehead atoms. The van der Waals surface area contributed by atoms with Crippen LogP contribution in [0.15, 0.2) is 35.9 Å². The summed E-state index contributed by atoms with van der Waals surface area (Å²) in [5.74, 6) is 0.553. The van der Waals surface area contributed by atoms with E-state index >= 15 is 0 Å². The molecule has 0 heterocycles. The SMILES string of the molecule is CC(C)=CCC(C)(C)c1c(C)c(O)c2ccccc2c1O.CCC.I. The molecule has 0 aliphatic rings. The maximum atomic E-state index is 10.7. The van der Waals surface area contributed by atoms with E-state index in [1.165, 1.54) is 12.0 Å². The molecule has 0 fully saturated rings. The maximum Gasteiger partial charge on any atom is 0.127 e. The van der Waals surface area contributed by atoms with Crippen LogP contribution in [0.4, 0.5) is 0 Å². The molecule has 0 amide bonds. The van der Waals surface area contributed by atoms with Crippen LogP contribution in [-0.4, -0.2) is 10.2 Å². The lowest BCUT2D eigenvalue weighted by Crippen LogP contribution is -2.18. The highest BCUT2D eigenvalue weighted by atomic mass is 127. The van der Waals surface area contributed by atoms with Gasteiger partial charge in [-0.05, 0) is 38.2 Å². The summed E-state index contributed by atoms with van der Waals surface area (Å²) in [6.45, 7) is 14.5. The minimum Gasteiger partial charge on any atom is -0.507 e. The summed E-state index contributed by atoms with van der Waals surface area (Å²) in [5, 5.41) is 22.6. The second-order valence-electron chi connectivity index (χ2n) is 7.32. The van der Waals surface area contributed by atoms with Crippen molar-refractivity contribution in [3.05, 3.63) is 47.0 Å². The summed E-state index contributed by atoms with van der Waals surface area (Å²) in [5.41, 5.74) is 2.60. The molecule has 0 saturated heterocycles. The van der Waals surface area contributed by atoms with Crippen LogP contribution >= 0.6 is 24.0 Å². The largest absolute Gasteiger partial charge is 0.507 e. The van der Waals surface area contributed by atoms with Gasteiger partial charge in [0.05, 0.1) is 0 Å². The van der Waals surface area contributed by atoms with E-state index in [9.17, 15) is 10.2 Å². The van der Waals surface area contributed by atoms with Crippen molar-refractivity contribution < 1.29 is 10.2 Å². The number of fused-ring (bicyclic) bond motifs is 1. The van der Waals surface area contributed by atoms with Gasteiger partial charge >= 0.3 is 0 Å². The van der Waals surface area contributed by atoms with Crippen LogP contribution in [-0.2, 0) is 5.41 Å².